The van der Waals surface area contributed by atoms with Gasteiger partial charge in [-0.3, -0.25) is 19.8 Å². The third-order valence-electron chi connectivity index (χ3n) is 6.52. The number of hydrogen-bond donors (Lipinski definition) is 2. The van der Waals surface area contributed by atoms with Crippen LogP contribution in [0.2, 0.25) is 0 Å². The number of halogens is 1. The molecule has 1 aliphatic heterocycles. The molecule has 0 unspecified atom stereocenters. The highest BCUT2D eigenvalue weighted by Gasteiger charge is 2.36. The van der Waals surface area contributed by atoms with E-state index in [9.17, 15) is 19.2 Å². The molecule has 12 heteroatoms. The molecule has 1 aliphatic rings. The average molecular weight is 729 g/mol. The number of amides is 4. The highest BCUT2D eigenvalue weighted by atomic mass is 127. The van der Waals surface area contributed by atoms with Gasteiger partial charge in [0.2, 0.25) is 0 Å². The van der Waals surface area contributed by atoms with Gasteiger partial charge in [-0.05, 0) is 102 Å². The summed E-state index contributed by atoms with van der Waals surface area (Å²) in [5.41, 5.74) is 1.83. The lowest BCUT2D eigenvalue weighted by Gasteiger charge is -2.26. The molecule has 0 radical (unpaired) electrons. The second-order valence-corrected chi connectivity index (χ2v) is 11.0. The van der Waals surface area contributed by atoms with E-state index in [0.29, 0.717) is 57.5 Å². The van der Waals surface area contributed by atoms with Crippen LogP contribution in [0.3, 0.4) is 0 Å². The number of barbiturate groups is 1. The van der Waals surface area contributed by atoms with Gasteiger partial charge in [0.05, 0.1) is 35.5 Å². The lowest BCUT2D eigenvalue weighted by Crippen LogP contribution is -2.53. The van der Waals surface area contributed by atoms with Crippen molar-refractivity contribution < 1.29 is 43.2 Å². The maximum Gasteiger partial charge on any atom is 0.335 e. The molecule has 4 amide bonds. The van der Waals surface area contributed by atoms with Gasteiger partial charge in [-0.15, -0.1) is 0 Å². The molecule has 0 aliphatic carbocycles. The number of nitrogens with zero attached hydrogens (tertiary/aromatic N) is 1. The van der Waals surface area contributed by atoms with Crippen molar-refractivity contribution in [3.63, 3.8) is 0 Å². The predicted octanol–water partition coefficient (Wildman–Crippen LogP) is 5.82. The molecule has 1 fully saturated rings. The molecule has 0 atom stereocenters. The number of benzene rings is 3. The van der Waals surface area contributed by atoms with Gasteiger partial charge >= 0.3 is 12.0 Å². The molecule has 4 rings (SSSR count). The van der Waals surface area contributed by atoms with Crippen LogP contribution >= 0.6 is 22.6 Å². The number of imide groups is 2. The van der Waals surface area contributed by atoms with Crippen molar-refractivity contribution in [3.05, 3.63) is 86.0 Å². The van der Waals surface area contributed by atoms with E-state index in [1.807, 2.05) is 20.8 Å². The molecular weight excluding hydrogens is 695 g/mol. The van der Waals surface area contributed by atoms with Gasteiger partial charge in [-0.25, -0.2) is 9.59 Å². The molecule has 3 aromatic rings. The highest BCUT2D eigenvalue weighted by molar-refractivity contribution is 14.1. The van der Waals surface area contributed by atoms with Crippen molar-refractivity contribution in [2.75, 3.05) is 19.8 Å². The number of carboxylic acids is 1. The fourth-order valence-corrected chi connectivity index (χ4v) is 5.19. The van der Waals surface area contributed by atoms with Crippen molar-refractivity contribution in [1.82, 2.24) is 10.2 Å². The third kappa shape index (κ3) is 8.32. The Morgan fingerprint density at radius 2 is 1.56 bits per heavy atom. The number of rotatable bonds is 14. The number of urea groups is 1. The molecule has 0 saturated carbocycles. The standard InChI is InChI=1S/C33H33IN2O9/c1-4-13-44-26-12-9-21(16-27(26)42-5-2)18-36-31(38)24(30(37)35-33(36)41)14-22-15-25(34)29(28(17-22)43-6-3)45-19-20-7-10-23(11-8-20)32(39)40/h7-12,14-17H,4-6,13,18-19H2,1-3H3,(H,39,40)(H,35,37,41)/b24-14+. The zero-order valence-electron chi connectivity index (χ0n) is 25.1. The van der Waals surface area contributed by atoms with Gasteiger partial charge in [0.1, 0.15) is 12.2 Å². The second-order valence-electron chi connectivity index (χ2n) is 9.82. The summed E-state index contributed by atoms with van der Waals surface area (Å²) in [5, 5.41) is 11.4. The quantitative estimate of drug-likeness (QED) is 0.120. The SMILES string of the molecule is CCCOc1ccc(CN2C(=O)NC(=O)/C(=C\c3cc(I)c(OCc4ccc(C(=O)O)cc4)c(OCC)c3)C2=O)cc1OCC. The smallest absolute Gasteiger partial charge is 0.335 e. The maximum absolute atomic E-state index is 13.5. The summed E-state index contributed by atoms with van der Waals surface area (Å²) in [6.07, 6.45) is 2.23. The van der Waals surface area contributed by atoms with E-state index in [2.05, 4.69) is 27.9 Å². The van der Waals surface area contributed by atoms with Gasteiger partial charge in [0.25, 0.3) is 11.8 Å². The zero-order valence-corrected chi connectivity index (χ0v) is 27.2. The Kier molecular flexibility index (Phi) is 11.4. The zero-order chi connectivity index (χ0) is 32.5. The van der Waals surface area contributed by atoms with Crippen LogP contribution < -0.4 is 24.3 Å². The number of ether oxygens (including phenoxy) is 4. The molecular formula is C33H33IN2O9. The molecule has 0 aromatic heterocycles. The summed E-state index contributed by atoms with van der Waals surface area (Å²) in [6, 6.07) is 14.1. The lowest BCUT2D eigenvalue weighted by molar-refractivity contribution is -0.130. The summed E-state index contributed by atoms with van der Waals surface area (Å²) in [6.45, 7) is 6.97. The fourth-order valence-electron chi connectivity index (χ4n) is 4.41. The van der Waals surface area contributed by atoms with E-state index in [4.69, 9.17) is 24.1 Å². The molecule has 1 saturated heterocycles. The van der Waals surface area contributed by atoms with E-state index < -0.39 is 23.8 Å². The van der Waals surface area contributed by atoms with Crippen molar-refractivity contribution >= 4 is 52.5 Å². The van der Waals surface area contributed by atoms with Gasteiger partial charge in [0, 0.05) is 0 Å². The number of carbonyl (C=O) groups is 4. The second kappa shape index (κ2) is 15.4. The van der Waals surface area contributed by atoms with E-state index in [0.717, 1.165) is 16.9 Å². The van der Waals surface area contributed by atoms with Crippen LogP contribution in [-0.2, 0) is 22.7 Å². The van der Waals surface area contributed by atoms with Crippen LogP contribution in [0.5, 0.6) is 23.0 Å². The van der Waals surface area contributed by atoms with E-state index in [1.165, 1.54) is 18.2 Å². The Hall–Kier alpha value is -4.59. The first-order valence-corrected chi connectivity index (χ1v) is 15.4. The monoisotopic (exact) mass is 728 g/mol. The topological polar surface area (TPSA) is 141 Å². The van der Waals surface area contributed by atoms with Crippen molar-refractivity contribution in [1.29, 1.82) is 0 Å². The molecule has 1 heterocycles. The number of aromatic carboxylic acids is 1. The highest BCUT2D eigenvalue weighted by Crippen LogP contribution is 2.36. The normalized spacial score (nSPS) is 13.9. The number of carbonyl (C=O) groups excluding carboxylic acids is 3. The van der Waals surface area contributed by atoms with Crippen LogP contribution in [0.1, 0.15) is 54.2 Å². The van der Waals surface area contributed by atoms with Gasteiger partial charge in [-0.2, -0.15) is 0 Å². The van der Waals surface area contributed by atoms with Gasteiger partial charge in [-0.1, -0.05) is 25.1 Å². The first-order valence-electron chi connectivity index (χ1n) is 14.3. The summed E-state index contributed by atoms with van der Waals surface area (Å²) < 4.78 is 23.9. The Balaban J connectivity index is 1.57. The summed E-state index contributed by atoms with van der Waals surface area (Å²) in [5.74, 6) is -0.656. The Morgan fingerprint density at radius 3 is 2.22 bits per heavy atom. The number of hydrogen-bond acceptors (Lipinski definition) is 8. The Morgan fingerprint density at radius 1 is 0.867 bits per heavy atom. The van der Waals surface area contributed by atoms with Crippen molar-refractivity contribution in [2.24, 2.45) is 0 Å². The lowest BCUT2D eigenvalue weighted by atomic mass is 10.1. The molecule has 3 aromatic carbocycles. The first-order chi connectivity index (χ1) is 21.6. The predicted molar refractivity (Wildman–Crippen MR) is 174 cm³/mol. The van der Waals surface area contributed by atoms with Crippen molar-refractivity contribution in [3.8, 4) is 23.0 Å². The van der Waals surface area contributed by atoms with Crippen LogP contribution in [0.15, 0.2) is 60.2 Å². The molecule has 11 nitrogen and oxygen atoms in total. The minimum Gasteiger partial charge on any atom is -0.490 e. The van der Waals surface area contributed by atoms with Crippen LogP contribution in [0, 0.1) is 3.57 Å². The minimum absolute atomic E-state index is 0.0919. The van der Waals surface area contributed by atoms with Crippen LogP contribution in [0.25, 0.3) is 6.08 Å². The minimum atomic E-state index is -1.01. The largest absolute Gasteiger partial charge is 0.490 e. The summed E-state index contributed by atoms with van der Waals surface area (Å²) in [7, 11) is 0. The molecule has 0 bridgehead atoms. The molecule has 236 valence electrons. The Labute approximate surface area is 274 Å². The number of nitrogens with one attached hydrogen (secondary N) is 1. The van der Waals surface area contributed by atoms with E-state index >= 15 is 0 Å². The maximum atomic E-state index is 13.5. The Bertz CT molecular complexity index is 1620. The number of carboxylic acid groups (broad SMARTS) is 1. The third-order valence-corrected chi connectivity index (χ3v) is 7.32. The van der Waals surface area contributed by atoms with Crippen molar-refractivity contribution in [2.45, 2.75) is 40.3 Å². The molecule has 0 spiro atoms. The average Bonchev–Trinajstić information content (AvgIpc) is 3.01. The molecule has 2 N–H and O–H groups in total. The van der Waals surface area contributed by atoms with Gasteiger partial charge in [0.15, 0.2) is 23.0 Å². The van der Waals surface area contributed by atoms with Crippen LogP contribution in [0.4, 0.5) is 4.79 Å². The summed E-state index contributed by atoms with van der Waals surface area (Å²) >= 11 is 2.07. The summed E-state index contributed by atoms with van der Waals surface area (Å²) in [4.78, 5) is 51.1. The molecule has 45 heavy (non-hydrogen) atoms. The van der Waals surface area contributed by atoms with Crippen LogP contribution in [-0.4, -0.2) is 53.6 Å². The fraction of sp³-hybridized carbons (Fsp3) is 0.273. The van der Waals surface area contributed by atoms with E-state index in [-0.39, 0.29) is 24.3 Å². The van der Waals surface area contributed by atoms with E-state index in [1.54, 1.807) is 42.5 Å². The first kappa shape index (κ1) is 33.3. The van der Waals surface area contributed by atoms with Gasteiger partial charge < -0.3 is 24.1 Å².